The van der Waals surface area contributed by atoms with Crippen molar-refractivity contribution in [2.45, 2.75) is 20.0 Å². The number of hydrogen-bond donors (Lipinski definition) is 0. The third-order valence-electron chi connectivity index (χ3n) is 1.98. The van der Waals surface area contributed by atoms with Gasteiger partial charge in [-0.3, -0.25) is 4.79 Å². The van der Waals surface area contributed by atoms with Crippen molar-refractivity contribution in [3.8, 4) is 0 Å². The van der Waals surface area contributed by atoms with E-state index in [0.717, 1.165) is 11.1 Å². The second kappa shape index (κ2) is 4.61. The molecule has 14 heavy (non-hydrogen) atoms. The van der Waals surface area contributed by atoms with Gasteiger partial charge in [0.2, 0.25) is 0 Å². The van der Waals surface area contributed by atoms with Crippen molar-refractivity contribution in [3.63, 3.8) is 0 Å². The molecular formula is C12H14O2. The molecule has 1 rings (SSSR count). The minimum Gasteiger partial charge on any atom is -0.458 e. The first kappa shape index (κ1) is 10.5. The Morgan fingerprint density at radius 3 is 2.43 bits per heavy atom. The summed E-state index contributed by atoms with van der Waals surface area (Å²) in [6.45, 7) is 7.11. The number of esters is 1. The van der Waals surface area contributed by atoms with E-state index in [1.54, 1.807) is 0 Å². The largest absolute Gasteiger partial charge is 0.458 e. The van der Waals surface area contributed by atoms with E-state index in [1.165, 1.54) is 6.92 Å². The van der Waals surface area contributed by atoms with Crippen LogP contribution in [-0.2, 0) is 9.53 Å². The van der Waals surface area contributed by atoms with E-state index in [2.05, 4.69) is 6.58 Å². The Balaban J connectivity index is 2.71. The molecule has 0 aliphatic heterocycles. The minimum absolute atomic E-state index is 0.269. The molecular weight excluding hydrogens is 176 g/mol. The first-order chi connectivity index (χ1) is 6.61. The van der Waals surface area contributed by atoms with Crippen LogP contribution in [0.25, 0.3) is 5.57 Å². The Bertz CT molecular complexity index is 327. The van der Waals surface area contributed by atoms with Gasteiger partial charge in [-0.2, -0.15) is 0 Å². The third-order valence-corrected chi connectivity index (χ3v) is 1.98. The predicted molar refractivity (Wildman–Crippen MR) is 56.7 cm³/mol. The minimum atomic E-state index is -0.283. The molecule has 1 atom stereocenters. The van der Waals surface area contributed by atoms with Gasteiger partial charge >= 0.3 is 5.97 Å². The highest BCUT2D eigenvalue weighted by atomic mass is 16.5. The number of carbonyl (C=O) groups excluding carboxylic acids is 1. The van der Waals surface area contributed by atoms with Crippen molar-refractivity contribution in [3.05, 3.63) is 42.5 Å². The monoisotopic (exact) mass is 190 g/mol. The maximum atomic E-state index is 10.7. The van der Waals surface area contributed by atoms with Gasteiger partial charge in [-0.15, -0.1) is 0 Å². The van der Waals surface area contributed by atoms with Crippen LogP contribution in [0.4, 0.5) is 0 Å². The molecule has 0 aliphatic rings. The smallest absolute Gasteiger partial charge is 0.303 e. The third kappa shape index (κ3) is 2.73. The Labute approximate surface area is 84.2 Å². The zero-order valence-corrected chi connectivity index (χ0v) is 8.49. The molecule has 0 aromatic heterocycles. The normalized spacial score (nSPS) is 11.9. The lowest BCUT2D eigenvalue weighted by atomic mass is 10.0. The van der Waals surface area contributed by atoms with Gasteiger partial charge in [0, 0.05) is 6.92 Å². The van der Waals surface area contributed by atoms with Gasteiger partial charge in [-0.25, -0.2) is 0 Å². The van der Waals surface area contributed by atoms with Gasteiger partial charge in [0.15, 0.2) is 0 Å². The van der Waals surface area contributed by atoms with E-state index >= 15 is 0 Å². The molecule has 0 saturated carbocycles. The van der Waals surface area contributed by atoms with E-state index in [0.29, 0.717) is 0 Å². The van der Waals surface area contributed by atoms with Crippen LogP contribution in [-0.4, -0.2) is 12.1 Å². The molecule has 1 aromatic rings. The summed E-state index contributed by atoms with van der Waals surface area (Å²) in [4.78, 5) is 10.7. The maximum absolute atomic E-state index is 10.7. The van der Waals surface area contributed by atoms with E-state index < -0.39 is 0 Å². The van der Waals surface area contributed by atoms with Crippen molar-refractivity contribution in [1.82, 2.24) is 0 Å². The van der Waals surface area contributed by atoms with Crippen LogP contribution in [0, 0.1) is 0 Å². The molecule has 0 radical (unpaired) electrons. The summed E-state index contributed by atoms with van der Waals surface area (Å²) in [6, 6.07) is 9.69. The number of ether oxygens (including phenoxy) is 1. The maximum Gasteiger partial charge on any atom is 0.303 e. The topological polar surface area (TPSA) is 26.3 Å². The standard InChI is InChI=1S/C12H14O2/c1-9(10(2)14-11(3)13)12-7-5-4-6-8-12/h4-8,10H,1H2,2-3H3. The lowest BCUT2D eigenvalue weighted by Gasteiger charge is -2.14. The van der Waals surface area contributed by atoms with E-state index in [4.69, 9.17) is 4.74 Å². The Hall–Kier alpha value is -1.57. The quantitative estimate of drug-likeness (QED) is 0.685. The summed E-state index contributed by atoms with van der Waals surface area (Å²) in [7, 11) is 0. The highest BCUT2D eigenvalue weighted by Gasteiger charge is 2.10. The van der Waals surface area contributed by atoms with Gasteiger partial charge in [-0.05, 0) is 18.1 Å². The average Bonchev–Trinajstić information content (AvgIpc) is 2.17. The van der Waals surface area contributed by atoms with Crippen LogP contribution in [0.1, 0.15) is 19.4 Å². The first-order valence-electron chi connectivity index (χ1n) is 4.52. The molecule has 0 fully saturated rings. The van der Waals surface area contributed by atoms with Crippen molar-refractivity contribution in [2.75, 3.05) is 0 Å². The fourth-order valence-electron chi connectivity index (χ4n) is 1.21. The summed E-state index contributed by atoms with van der Waals surface area (Å²) in [5.41, 5.74) is 1.82. The summed E-state index contributed by atoms with van der Waals surface area (Å²) < 4.78 is 5.03. The SMILES string of the molecule is C=C(c1ccccc1)C(C)OC(C)=O. The zero-order chi connectivity index (χ0) is 10.6. The molecule has 0 amide bonds. The number of hydrogen-bond acceptors (Lipinski definition) is 2. The van der Waals surface area contributed by atoms with Crippen LogP contribution < -0.4 is 0 Å². The molecule has 74 valence electrons. The van der Waals surface area contributed by atoms with Crippen molar-refractivity contribution < 1.29 is 9.53 Å². The number of rotatable bonds is 3. The fourth-order valence-corrected chi connectivity index (χ4v) is 1.21. The fraction of sp³-hybridized carbons (Fsp3) is 0.250. The number of carbonyl (C=O) groups is 1. The lowest BCUT2D eigenvalue weighted by Crippen LogP contribution is -2.13. The molecule has 1 unspecified atom stereocenters. The van der Waals surface area contributed by atoms with Crippen LogP contribution >= 0.6 is 0 Å². The van der Waals surface area contributed by atoms with Gasteiger partial charge in [0.05, 0.1) is 0 Å². The van der Waals surface area contributed by atoms with Gasteiger partial charge in [-0.1, -0.05) is 36.9 Å². The molecule has 0 saturated heterocycles. The number of benzene rings is 1. The highest BCUT2D eigenvalue weighted by Crippen LogP contribution is 2.17. The highest BCUT2D eigenvalue weighted by molar-refractivity contribution is 5.72. The molecule has 0 heterocycles. The van der Waals surface area contributed by atoms with Crippen molar-refractivity contribution in [2.24, 2.45) is 0 Å². The van der Waals surface area contributed by atoms with Crippen molar-refractivity contribution in [1.29, 1.82) is 0 Å². The summed E-state index contributed by atoms with van der Waals surface area (Å²) in [6.07, 6.45) is -0.269. The summed E-state index contributed by atoms with van der Waals surface area (Å²) in [5, 5.41) is 0. The van der Waals surface area contributed by atoms with Gasteiger partial charge in [0.25, 0.3) is 0 Å². The molecule has 0 spiro atoms. The molecule has 2 heteroatoms. The molecule has 2 nitrogen and oxygen atoms in total. The van der Waals surface area contributed by atoms with Gasteiger partial charge in [0.1, 0.15) is 6.10 Å². The van der Waals surface area contributed by atoms with E-state index in [-0.39, 0.29) is 12.1 Å². The molecule has 0 N–H and O–H groups in total. The van der Waals surface area contributed by atoms with Crippen LogP contribution in [0.2, 0.25) is 0 Å². The van der Waals surface area contributed by atoms with E-state index in [1.807, 2.05) is 37.3 Å². The Morgan fingerprint density at radius 2 is 1.93 bits per heavy atom. The Kier molecular flexibility index (Phi) is 3.46. The molecule has 0 aliphatic carbocycles. The van der Waals surface area contributed by atoms with E-state index in [9.17, 15) is 4.79 Å². The van der Waals surface area contributed by atoms with Gasteiger partial charge < -0.3 is 4.74 Å². The van der Waals surface area contributed by atoms with Crippen LogP contribution in [0.5, 0.6) is 0 Å². The predicted octanol–water partition coefficient (Wildman–Crippen LogP) is 2.65. The summed E-state index contributed by atoms with van der Waals surface area (Å²) >= 11 is 0. The average molecular weight is 190 g/mol. The Morgan fingerprint density at radius 1 is 1.36 bits per heavy atom. The van der Waals surface area contributed by atoms with Crippen LogP contribution in [0.15, 0.2) is 36.9 Å². The second-order valence-electron chi connectivity index (χ2n) is 3.14. The summed E-state index contributed by atoms with van der Waals surface area (Å²) in [5.74, 6) is -0.283. The van der Waals surface area contributed by atoms with Crippen molar-refractivity contribution >= 4 is 11.5 Å². The molecule has 1 aromatic carbocycles. The molecule has 0 bridgehead atoms. The van der Waals surface area contributed by atoms with Crippen LogP contribution in [0.3, 0.4) is 0 Å². The lowest BCUT2D eigenvalue weighted by molar-refractivity contribution is -0.142. The zero-order valence-electron chi connectivity index (χ0n) is 8.49. The first-order valence-corrected chi connectivity index (χ1v) is 4.52. The second-order valence-corrected chi connectivity index (χ2v) is 3.14.